The van der Waals surface area contributed by atoms with Gasteiger partial charge in [-0.25, -0.2) is 4.99 Å². The number of benzene rings is 1. The number of carbonyl (C=O) groups is 1. The number of carbonyl (C=O) groups excluding carboxylic acids is 1. The van der Waals surface area contributed by atoms with Gasteiger partial charge in [-0.1, -0.05) is 30.3 Å². The van der Waals surface area contributed by atoms with Gasteiger partial charge in [-0.2, -0.15) is 11.8 Å². The number of nitrogens with one attached hydrogen (secondary N) is 2. The van der Waals surface area contributed by atoms with Crippen LogP contribution in [0.25, 0.3) is 0 Å². The van der Waals surface area contributed by atoms with Crippen LogP contribution in [0.5, 0.6) is 0 Å². The predicted octanol–water partition coefficient (Wildman–Crippen LogP) is 2.51. The van der Waals surface area contributed by atoms with E-state index in [1.807, 2.05) is 18.2 Å². The van der Waals surface area contributed by atoms with Gasteiger partial charge >= 0.3 is 0 Å². The Morgan fingerprint density at radius 1 is 1.29 bits per heavy atom. The molecule has 6 heteroatoms. The van der Waals surface area contributed by atoms with Crippen molar-refractivity contribution < 1.29 is 4.79 Å². The third kappa shape index (κ3) is 7.25. The predicted molar refractivity (Wildman–Crippen MR) is 105 cm³/mol. The molecule has 0 bridgehead atoms. The van der Waals surface area contributed by atoms with Gasteiger partial charge in [-0.3, -0.25) is 4.79 Å². The maximum absolute atomic E-state index is 11.8. The second-order valence-electron chi connectivity index (χ2n) is 6.55. The van der Waals surface area contributed by atoms with Crippen molar-refractivity contribution in [2.45, 2.75) is 31.6 Å². The molecule has 1 aromatic rings. The van der Waals surface area contributed by atoms with Crippen LogP contribution >= 0.6 is 11.8 Å². The summed E-state index contributed by atoms with van der Waals surface area (Å²) in [4.78, 5) is 17.8. The van der Waals surface area contributed by atoms with Crippen LogP contribution in [0, 0.1) is 0 Å². The van der Waals surface area contributed by atoms with Crippen LogP contribution < -0.4 is 10.6 Å². The maximum Gasteiger partial charge on any atom is 0.243 e. The van der Waals surface area contributed by atoms with E-state index in [0.29, 0.717) is 5.96 Å². The second kappa shape index (κ2) is 9.57. The Morgan fingerprint density at radius 2 is 1.92 bits per heavy atom. The largest absolute Gasteiger partial charge is 0.355 e. The van der Waals surface area contributed by atoms with E-state index >= 15 is 0 Å². The van der Waals surface area contributed by atoms with Crippen LogP contribution in [0.4, 0.5) is 0 Å². The minimum atomic E-state index is -0.0207. The minimum Gasteiger partial charge on any atom is -0.355 e. The van der Waals surface area contributed by atoms with Crippen molar-refractivity contribution in [3.8, 4) is 0 Å². The average Bonchev–Trinajstić information content (AvgIpc) is 2.57. The van der Waals surface area contributed by atoms with Gasteiger partial charge in [0.25, 0.3) is 0 Å². The molecule has 0 aliphatic carbocycles. The van der Waals surface area contributed by atoms with Crippen LogP contribution in [0.1, 0.15) is 32.4 Å². The third-order valence-corrected chi connectivity index (χ3v) is 5.01. The zero-order valence-electron chi connectivity index (χ0n) is 15.6. The number of guanidine groups is 1. The Balaban J connectivity index is 2.79. The van der Waals surface area contributed by atoms with Gasteiger partial charge < -0.3 is 15.5 Å². The molecule has 5 nitrogen and oxygen atoms in total. The van der Waals surface area contributed by atoms with Gasteiger partial charge in [-0.15, -0.1) is 0 Å². The van der Waals surface area contributed by atoms with Crippen LogP contribution in [0.15, 0.2) is 35.3 Å². The molecule has 0 heterocycles. The van der Waals surface area contributed by atoms with E-state index < -0.39 is 0 Å². The van der Waals surface area contributed by atoms with Crippen LogP contribution in [0.2, 0.25) is 0 Å². The normalized spacial score (nSPS) is 13.3. The third-order valence-electron chi connectivity index (χ3n) is 3.76. The number of thioether (sulfide) groups is 1. The molecule has 0 aliphatic rings. The molecule has 0 fully saturated rings. The Labute approximate surface area is 150 Å². The van der Waals surface area contributed by atoms with E-state index in [2.05, 4.69) is 54.8 Å². The summed E-state index contributed by atoms with van der Waals surface area (Å²) in [6.45, 7) is 7.32. The number of hydrogen-bond donors (Lipinski definition) is 2. The summed E-state index contributed by atoms with van der Waals surface area (Å²) in [5, 5.41) is 6.74. The highest BCUT2D eigenvalue weighted by atomic mass is 32.2. The van der Waals surface area contributed by atoms with Gasteiger partial charge in [0.15, 0.2) is 5.96 Å². The fourth-order valence-electron chi connectivity index (χ4n) is 1.84. The molecule has 0 saturated heterocycles. The van der Waals surface area contributed by atoms with E-state index in [-0.39, 0.29) is 23.2 Å². The molecule has 2 N–H and O–H groups in total. The van der Waals surface area contributed by atoms with Crippen molar-refractivity contribution in [2.24, 2.45) is 4.99 Å². The maximum atomic E-state index is 11.8. The highest BCUT2D eigenvalue weighted by Crippen LogP contribution is 2.19. The number of nitrogens with zero attached hydrogens (tertiary/aromatic N) is 2. The summed E-state index contributed by atoms with van der Waals surface area (Å²) in [6, 6.07) is 10.3. The second-order valence-corrected chi connectivity index (χ2v) is 8.06. The van der Waals surface area contributed by atoms with Crippen molar-refractivity contribution in [3.05, 3.63) is 35.9 Å². The lowest BCUT2D eigenvalue weighted by Gasteiger charge is -2.25. The van der Waals surface area contributed by atoms with Crippen molar-refractivity contribution in [1.29, 1.82) is 0 Å². The molecule has 1 atom stereocenters. The first-order chi connectivity index (χ1) is 11.2. The van der Waals surface area contributed by atoms with Gasteiger partial charge in [0.2, 0.25) is 5.91 Å². The summed E-state index contributed by atoms with van der Waals surface area (Å²) in [7, 11) is 3.48. The Kier molecular flexibility index (Phi) is 8.11. The molecule has 0 saturated carbocycles. The van der Waals surface area contributed by atoms with Crippen molar-refractivity contribution in [1.82, 2.24) is 15.5 Å². The lowest BCUT2D eigenvalue weighted by Crippen LogP contribution is -2.44. The van der Waals surface area contributed by atoms with E-state index in [4.69, 9.17) is 0 Å². The summed E-state index contributed by atoms with van der Waals surface area (Å²) in [6.07, 6.45) is 2.09. The van der Waals surface area contributed by atoms with Crippen molar-refractivity contribution in [2.75, 3.05) is 33.4 Å². The molecule has 24 heavy (non-hydrogen) atoms. The summed E-state index contributed by atoms with van der Waals surface area (Å²) < 4.78 is 0.0873. The monoisotopic (exact) mass is 350 g/mol. The highest BCUT2D eigenvalue weighted by molar-refractivity contribution is 7.99. The van der Waals surface area contributed by atoms with Crippen LogP contribution in [-0.2, 0) is 4.79 Å². The summed E-state index contributed by atoms with van der Waals surface area (Å²) in [5.74, 6) is 0.635. The van der Waals surface area contributed by atoms with E-state index in [1.54, 1.807) is 30.8 Å². The Bertz CT molecular complexity index is 543. The number of amides is 1. The molecule has 1 rings (SSSR count). The average molecular weight is 351 g/mol. The van der Waals surface area contributed by atoms with Gasteiger partial charge in [-0.05, 0) is 32.6 Å². The van der Waals surface area contributed by atoms with E-state index in [0.717, 1.165) is 6.54 Å². The topological polar surface area (TPSA) is 56.7 Å². The Morgan fingerprint density at radius 3 is 2.46 bits per heavy atom. The lowest BCUT2D eigenvalue weighted by atomic mass is 10.1. The molecular formula is C18H30N4OS. The molecule has 0 spiro atoms. The van der Waals surface area contributed by atoms with E-state index in [1.165, 1.54) is 5.56 Å². The molecular weight excluding hydrogens is 320 g/mol. The SMILES string of the molecule is CSC(C)(C)CNC(=NCC(=O)N(C)C)NC(C)c1ccccc1. The molecule has 0 aromatic heterocycles. The van der Waals surface area contributed by atoms with Gasteiger partial charge in [0, 0.05) is 25.4 Å². The zero-order valence-corrected chi connectivity index (χ0v) is 16.4. The molecule has 0 aliphatic heterocycles. The number of aliphatic imine (C=N–C) groups is 1. The fraction of sp³-hybridized carbons (Fsp3) is 0.556. The molecule has 134 valence electrons. The van der Waals surface area contributed by atoms with Crippen molar-refractivity contribution in [3.63, 3.8) is 0 Å². The summed E-state index contributed by atoms with van der Waals surface area (Å²) >= 11 is 1.79. The highest BCUT2D eigenvalue weighted by Gasteiger charge is 2.17. The van der Waals surface area contributed by atoms with Gasteiger partial charge in [0.05, 0.1) is 6.04 Å². The summed E-state index contributed by atoms with van der Waals surface area (Å²) in [5.41, 5.74) is 1.18. The number of likely N-dealkylation sites (N-methyl/N-ethyl adjacent to an activating group) is 1. The molecule has 1 aromatic carbocycles. The van der Waals surface area contributed by atoms with Gasteiger partial charge in [0.1, 0.15) is 6.54 Å². The quantitative estimate of drug-likeness (QED) is 0.586. The molecule has 1 unspecified atom stereocenters. The standard InChI is InChI=1S/C18H30N4OS/c1-14(15-10-8-7-9-11-15)21-17(19-12-16(23)22(4)5)20-13-18(2,3)24-6/h7-11,14H,12-13H2,1-6H3,(H2,19,20,21). The molecule has 1 amide bonds. The first-order valence-corrected chi connectivity index (χ1v) is 9.33. The van der Waals surface area contributed by atoms with Crippen molar-refractivity contribution >= 4 is 23.6 Å². The van der Waals surface area contributed by atoms with E-state index in [9.17, 15) is 4.79 Å². The molecule has 0 radical (unpaired) electrons. The Hall–Kier alpha value is -1.69. The number of rotatable bonds is 7. The first-order valence-electron chi connectivity index (χ1n) is 8.10. The van der Waals surface area contributed by atoms with Crippen LogP contribution in [0.3, 0.4) is 0 Å². The zero-order chi connectivity index (χ0) is 18.2. The smallest absolute Gasteiger partial charge is 0.243 e. The first kappa shape index (κ1) is 20.4. The lowest BCUT2D eigenvalue weighted by molar-refractivity contribution is -0.127. The number of hydrogen-bond acceptors (Lipinski definition) is 3. The van der Waals surface area contributed by atoms with Crippen LogP contribution in [-0.4, -0.2) is 55.0 Å². The minimum absolute atomic E-state index is 0.0207. The fourth-order valence-corrected chi connectivity index (χ4v) is 2.06.